The summed E-state index contributed by atoms with van der Waals surface area (Å²) in [5.74, 6) is 0.626. The minimum absolute atomic E-state index is 0.262. The van der Waals surface area contributed by atoms with Crippen molar-refractivity contribution in [2.45, 2.75) is 13.0 Å². The zero-order valence-corrected chi connectivity index (χ0v) is 9.89. The van der Waals surface area contributed by atoms with E-state index < -0.39 is 6.10 Å². The molecule has 90 valence electrons. The molecular formula is C12H20N2O2. The number of ether oxygens (including phenoxy) is 1. The third-order valence-corrected chi connectivity index (χ3v) is 2.41. The van der Waals surface area contributed by atoms with Crippen LogP contribution in [0.25, 0.3) is 0 Å². The molecule has 1 aromatic rings. The molecule has 3 N–H and O–H groups in total. The number of rotatable bonds is 6. The lowest BCUT2D eigenvalue weighted by Crippen LogP contribution is -2.32. The lowest BCUT2D eigenvalue weighted by molar-refractivity contribution is 0.0782. The first-order valence-corrected chi connectivity index (χ1v) is 5.47. The molecule has 1 unspecified atom stereocenters. The summed E-state index contributed by atoms with van der Waals surface area (Å²) in [5, 5.41) is 9.70. The van der Waals surface area contributed by atoms with Gasteiger partial charge in [-0.3, -0.25) is 0 Å². The van der Waals surface area contributed by atoms with Gasteiger partial charge in [-0.05, 0) is 25.7 Å². The van der Waals surface area contributed by atoms with Crippen molar-refractivity contribution in [1.29, 1.82) is 0 Å². The van der Waals surface area contributed by atoms with Crippen LogP contribution in [-0.4, -0.2) is 42.9 Å². The van der Waals surface area contributed by atoms with Gasteiger partial charge >= 0.3 is 0 Å². The maximum absolute atomic E-state index is 9.70. The molecule has 0 bridgehead atoms. The van der Waals surface area contributed by atoms with Crippen LogP contribution >= 0.6 is 0 Å². The predicted octanol–water partition coefficient (Wildman–Crippen LogP) is 0.960. The fraction of sp³-hybridized carbons (Fsp3) is 0.500. The van der Waals surface area contributed by atoms with Gasteiger partial charge in [-0.15, -0.1) is 0 Å². The second kappa shape index (κ2) is 6.35. The molecule has 4 heteroatoms. The summed E-state index contributed by atoms with van der Waals surface area (Å²) in [7, 11) is 1.96. The van der Waals surface area contributed by atoms with Gasteiger partial charge in [0, 0.05) is 6.54 Å². The molecule has 0 fully saturated rings. The fourth-order valence-electron chi connectivity index (χ4n) is 1.34. The van der Waals surface area contributed by atoms with Gasteiger partial charge in [-0.2, -0.15) is 0 Å². The maximum Gasteiger partial charge on any atom is 0.142 e. The molecule has 0 saturated heterocycles. The molecule has 0 radical (unpaired) electrons. The highest BCUT2D eigenvalue weighted by molar-refractivity contribution is 5.51. The number of nitrogens with two attached hydrogens (primary N) is 1. The van der Waals surface area contributed by atoms with E-state index in [0.717, 1.165) is 6.54 Å². The molecule has 0 aliphatic rings. The molecule has 1 atom stereocenters. The number of benzene rings is 1. The highest BCUT2D eigenvalue weighted by Gasteiger charge is 2.08. The Morgan fingerprint density at radius 2 is 2.12 bits per heavy atom. The molecule has 0 aromatic heterocycles. The van der Waals surface area contributed by atoms with Crippen LogP contribution in [0.4, 0.5) is 5.69 Å². The number of likely N-dealkylation sites (N-methyl/N-ethyl adjacent to an activating group) is 1. The van der Waals surface area contributed by atoms with Gasteiger partial charge in [-0.1, -0.05) is 19.1 Å². The number of hydrogen-bond donors (Lipinski definition) is 2. The van der Waals surface area contributed by atoms with Crippen molar-refractivity contribution in [3.8, 4) is 5.75 Å². The van der Waals surface area contributed by atoms with Crippen molar-refractivity contribution in [1.82, 2.24) is 4.90 Å². The quantitative estimate of drug-likeness (QED) is 0.707. The normalized spacial score (nSPS) is 12.8. The Balaban J connectivity index is 2.37. The third-order valence-electron chi connectivity index (χ3n) is 2.41. The van der Waals surface area contributed by atoms with Crippen molar-refractivity contribution in [2.75, 3.05) is 32.5 Å². The van der Waals surface area contributed by atoms with E-state index in [-0.39, 0.29) is 6.61 Å². The minimum atomic E-state index is -0.496. The van der Waals surface area contributed by atoms with E-state index in [2.05, 4.69) is 0 Å². The highest BCUT2D eigenvalue weighted by atomic mass is 16.5. The lowest BCUT2D eigenvalue weighted by atomic mass is 10.3. The van der Waals surface area contributed by atoms with Gasteiger partial charge in [0.05, 0.1) is 5.69 Å². The lowest BCUT2D eigenvalue weighted by Gasteiger charge is -2.19. The second-order valence-corrected chi connectivity index (χ2v) is 3.86. The summed E-state index contributed by atoms with van der Waals surface area (Å²) in [5.41, 5.74) is 6.31. The van der Waals surface area contributed by atoms with Crippen LogP contribution in [0.15, 0.2) is 24.3 Å². The largest absolute Gasteiger partial charge is 0.489 e. The van der Waals surface area contributed by atoms with Gasteiger partial charge in [0.25, 0.3) is 0 Å². The molecular weight excluding hydrogens is 204 g/mol. The summed E-state index contributed by atoms with van der Waals surface area (Å²) in [4.78, 5) is 2.03. The van der Waals surface area contributed by atoms with E-state index in [0.29, 0.717) is 18.0 Å². The number of anilines is 1. The molecule has 0 heterocycles. The first-order chi connectivity index (χ1) is 7.63. The summed E-state index contributed by atoms with van der Waals surface area (Å²) < 4.78 is 5.44. The van der Waals surface area contributed by atoms with Crippen LogP contribution in [-0.2, 0) is 0 Å². The molecule has 1 rings (SSSR count). The summed E-state index contributed by atoms with van der Waals surface area (Å²) in [6, 6.07) is 7.28. The van der Waals surface area contributed by atoms with Crippen molar-refractivity contribution >= 4 is 5.69 Å². The fourth-order valence-corrected chi connectivity index (χ4v) is 1.34. The van der Waals surface area contributed by atoms with Crippen LogP contribution in [0.1, 0.15) is 6.92 Å². The Kier molecular flexibility index (Phi) is 5.08. The molecule has 0 aliphatic heterocycles. The van der Waals surface area contributed by atoms with Crippen molar-refractivity contribution < 1.29 is 9.84 Å². The zero-order valence-electron chi connectivity index (χ0n) is 9.89. The van der Waals surface area contributed by atoms with E-state index in [1.165, 1.54) is 0 Å². The number of aliphatic hydroxyl groups is 1. The molecule has 1 aromatic carbocycles. The Bertz CT molecular complexity index is 318. The summed E-state index contributed by atoms with van der Waals surface area (Å²) in [6.45, 7) is 3.81. The van der Waals surface area contributed by atoms with E-state index >= 15 is 0 Å². The third kappa shape index (κ3) is 4.08. The minimum Gasteiger partial charge on any atom is -0.489 e. The number of aliphatic hydroxyl groups excluding tert-OH is 1. The Labute approximate surface area is 96.6 Å². The van der Waals surface area contributed by atoms with Crippen LogP contribution in [0.5, 0.6) is 5.75 Å². The van der Waals surface area contributed by atoms with Gasteiger partial charge in [0.2, 0.25) is 0 Å². The van der Waals surface area contributed by atoms with Gasteiger partial charge < -0.3 is 20.5 Å². The van der Waals surface area contributed by atoms with Gasteiger partial charge in [0.1, 0.15) is 18.5 Å². The monoisotopic (exact) mass is 224 g/mol. The van der Waals surface area contributed by atoms with E-state index in [4.69, 9.17) is 10.5 Å². The van der Waals surface area contributed by atoms with Crippen LogP contribution in [0, 0.1) is 0 Å². The second-order valence-electron chi connectivity index (χ2n) is 3.86. The summed E-state index contributed by atoms with van der Waals surface area (Å²) >= 11 is 0. The molecule has 0 saturated carbocycles. The first kappa shape index (κ1) is 12.8. The van der Waals surface area contributed by atoms with Crippen LogP contribution in [0.2, 0.25) is 0 Å². The SMILES string of the molecule is CCN(C)CC(O)COc1ccccc1N. The average molecular weight is 224 g/mol. The van der Waals surface area contributed by atoms with Crippen molar-refractivity contribution in [3.63, 3.8) is 0 Å². The molecule has 0 spiro atoms. The first-order valence-electron chi connectivity index (χ1n) is 5.47. The number of nitrogen functional groups attached to an aromatic ring is 1. The standard InChI is InChI=1S/C12H20N2O2/c1-3-14(2)8-10(15)9-16-12-7-5-4-6-11(12)13/h4-7,10,15H,3,8-9,13H2,1-2H3. The maximum atomic E-state index is 9.70. The average Bonchev–Trinajstić information content (AvgIpc) is 2.28. The topological polar surface area (TPSA) is 58.7 Å². The van der Waals surface area contributed by atoms with E-state index in [1.807, 2.05) is 31.0 Å². The Hall–Kier alpha value is -1.26. The van der Waals surface area contributed by atoms with Gasteiger partial charge in [0.15, 0.2) is 0 Å². The van der Waals surface area contributed by atoms with E-state index in [9.17, 15) is 5.11 Å². The van der Waals surface area contributed by atoms with Crippen molar-refractivity contribution in [3.05, 3.63) is 24.3 Å². The summed E-state index contributed by atoms with van der Waals surface area (Å²) in [6.07, 6.45) is -0.496. The highest BCUT2D eigenvalue weighted by Crippen LogP contribution is 2.19. The Morgan fingerprint density at radius 3 is 2.75 bits per heavy atom. The Morgan fingerprint density at radius 1 is 1.44 bits per heavy atom. The molecule has 4 nitrogen and oxygen atoms in total. The van der Waals surface area contributed by atoms with Gasteiger partial charge in [-0.25, -0.2) is 0 Å². The predicted molar refractivity (Wildman–Crippen MR) is 65.5 cm³/mol. The van der Waals surface area contributed by atoms with Crippen LogP contribution in [0.3, 0.4) is 0 Å². The smallest absolute Gasteiger partial charge is 0.142 e. The number of nitrogens with zero attached hydrogens (tertiary/aromatic N) is 1. The van der Waals surface area contributed by atoms with Crippen molar-refractivity contribution in [2.24, 2.45) is 0 Å². The number of hydrogen-bond acceptors (Lipinski definition) is 4. The number of para-hydroxylation sites is 2. The molecule has 0 amide bonds. The zero-order chi connectivity index (χ0) is 12.0. The van der Waals surface area contributed by atoms with Crippen LogP contribution < -0.4 is 10.5 Å². The molecule has 16 heavy (non-hydrogen) atoms. The molecule has 0 aliphatic carbocycles. The van der Waals surface area contributed by atoms with E-state index in [1.54, 1.807) is 12.1 Å².